The van der Waals surface area contributed by atoms with Crippen molar-refractivity contribution in [3.63, 3.8) is 0 Å². The third-order valence-electron chi connectivity index (χ3n) is 2.20. The Morgan fingerprint density at radius 2 is 1.81 bits per heavy atom. The van der Waals surface area contributed by atoms with E-state index >= 15 is 0 Å². The van der Waals surface area contributed by atoms with Crippen LogP contribution in [0.1, 0.15) is 12.0 Å². The van der Waals surface area contributed by atoms with Crippen molar-refractivity contribution in [1.29, 1.82) is 0 Å². The van der Waals surface area contributed by atoms with E-state index in [0.717, 1.165) is 18.4 Å². The fraction of sp³-hybridized carbons (Fsp3) is 0.500. The fourth-order valence-corrected chi connectivity index (χ4v) is 1.28. The maximum Gasteiger partial charge on any atom is 0.119 e. The molecular formula is C12H18O4. The minimum atomic E-state index is -0.839. The number of ether oxygens (including phenoxy) is 1. The Labute approximate surface area is 95.1 Å². The topological polar surface area (TPSA) is 69.9 Å². The highest BCUT2D eigenvalue weighted by Crippen LogP contribution is 2.13. The molecule has 0 saturated carbocycles. The van der Waals surface area contributed by atoms with Crippen molar-refractivity contribution in [1.82, 2.24) is 0 Å². The number of rotatable bonds is 7. The van der Waals surface area contributed by atoms with Crippen LogP contribution in [0.4, 0.5) is 0 Å². The van der Waals surface area contributed by atoms with E-state index < -0.39 is 6.10 Å². The average molecular weight is 226 g/mol. The second kappa shape index (κ2) is 7.22. The van der Waals surface area contributed by atoms with Crippen LogP contribution in [0.15, 0.2) is 24.3 Å². The summed E-state index contributed by atoms with van der Waals surface area (Å²) in [6.07, 6.45) is 0.758. The first-order chi connectivity index (χ1) is 7.76. The molecule has 0 aliphatic rings. The van der Waals surface area contributed by atoms with Gasteiger partial charge in [0.25, 0.3) is 0 Å². The van der Waals surface area contributed by atoms with Gasteiger partial charge in [-0.25, -0.2) is 0 Å². The number of hydrogen-bond donors (Lipinski definition) is 3. The molecule has 1 aromatic rings. The summed E-state index contributed by atoms with van der Waals surface area (Å²) >= 11 is 0. The zero-order valence-electron chi connectivity index (χ0n) is 9.17. The molecule has 1 rings (SSSR count). The van der Waals surface area contributed by atoms with Crippen molar-refractivity contribution in [2.45, 2.75) is 18.9 Å². The standard InChI is InChI=1S/C12H18O4/c13-7-1-2-10-3-5-12(6-4-10)16-9-11(15)8-14/h3-6,11,13-15H,1-2,7-9H2. The van der Waals surface area contributed by atoms with Crippen LogP contribution in [-0.4, -0.2) is 41.2 Å². The van der Waals surface area contributed by atoms with Crippen molar-refractivity contribution in [3.05, 3.63) is 29.8 Å². The molecule has 4 nitrogen and oxygen atoms in total. The largest absolute Gasteiger partial charge is 0.491 e. The van der Waals surface area contributed by atoms with E-state index in [4.69, 9.17) is 20.1 Å². The van der Waals surface area contributed by atoms with Crippen molar-refractivity contribution in [2.24, 2.45) is 0 Å². The Morgan fingerprint density at radius 1 is 1.12 bits per heavy atom. The summed E-state index contributed by atoms with van der Waals surface area (Å²) in [5.41, 5.74) is 1.14. The summed E-state index contributed by atoms with van der Waals surface area (Å²) < 4.78 is 5.26. The smallest absolute Gasteiger partial charge is 0.119 e. The first kappa shape index (κ1) is 13.0. The Morgan fingerprint density at radius 3 is 2.38 bits per heavy atom. The molecule has 0 saturated heterocycles. The molecule has 1 atom stereocenters. The van der Waals surface area contributed by atoms with Crippen LogP contribution in [0.5, 0.6) is 5.75 Å². The van der Waals surface area contributed by atoms with Gasteiger partial charge in [0.15, 0.2) is 0 Å². The molecule has 16 heavy (non-hydrogen) atoms. The van der Waals surface area contributed by atoms with Gasteiger partial charge in [-0.1, -0.05) is 12.1 Å². The molecular weight excluding hydrogens is 208 g/mol. The molecule has 0 bridgehead atoms. The van der Waals surface area contributed by atoms with E-state index in [9.17, 15) is 0 Å². The van der Waals surface area contributed by atoms with Gasteiger partial charge >= 0.3 is 0 Å². The van der Waals surface area contributed by atoms with Crippen LogP contribution in [0, 0.1) is 0 Å². The lowest BCUT2D eigenvalue weighted by atomic mass is 10.1. The molecule has 90 valence electrons. The van der Waals surface area contributed by atoms with E-state index in [1.807, 2.05) is 24.3 Å². The first-order valence-corrected chi connectivity index (χ1v) is 5.37. The molecule has 0 aromatic heterocycles. The van der Waals surface area contributed by atoms with Crippen LogP contribution in [0.2, 0.25) is 0 Å². The molecule has 0 fully saturated rings. The third-order valence-corrected chi connectivity index (χ3v) is 2.20. The van der Waals surface area contributed by atoms with Crippen LogP contribution >= 0.6 is 0 Å². The third kappa shape index (κ3) is 4.61. The predicted molar refractivity (Wildman–Crippen MR) is 60.4 cm³/mol. The highest BCUT2D eigenvalue weighted by atomic mass is 16.5. The normalized spacial score (nSPS) is 12.4. The molecule has 1 aromatic carbocycles. The van der Waals surface area contributed by atoms with Gasteiger partial charge in [-0.3, -0.25) is 0 Å². The van der Waals surface area contributed by atoms with Gasteiger partial charge in [-0.05, 0) is 30.5 Å². The zero-order valence-corrected chi connectivity index (χ0v) is 9.17. The summed E-state index contributed by atoms with van der Waals surface area (Å²) in [5.74, 6) is 0.667. The number of hydrogen-bond acceptors (Lipinski definition) is 4. The van der Waals surface area contributed by atoms with Gasteiger partial charge in [0.05, 0.1) is 6.61 Å². The highest BCUT2D eigenvalue weighted by Gasteiger charge is 2.02. The quantitative estimate of drug-likeness (QED) is 0.627. The van der Waals surface area contributed by atoms with Crippen LogP contribution in [0.3, 0.4) is 0 Å². The Kier molecular flexibility index (Phi) is 5.85. The van der Waals surface area contributed by atoms with Gasteiger partial charge in [-0.2, -0.15) is 0 Å². The Bertz CT molecular complexity index is 284. The monoisotopic (exact) mass is 226 g/mol. The molecule has 0 aliphatic heterocycles. The molecule has 0 heterocycles. The molecule has 0 spiro atoms. The number of benzene rings is 1. The molecule has 0 amide bonds. The van der Waals surface area contributed by atoms with Crippen LogP contribution in [0.25, 0.3) is 0 Å². The lowest BCUT2D eigenvalue weighted by Crippen LogP contribution is -2.21. The Balaban J connectivity index is 2.38. The van der Waals surface area contributed by atoms with Crippen molar-refractivity contribution >= 4 is 0 Å². The fourth-order valence-electron chi connectivity index (χ4n) is 1.28. The minimum absolute atomic E-state index is 0.0898. The average Bonchev–Trinajstić information content (AvgIpc) is 2.34. The zero-order chi connectivity index (χ0) is 11.8. The number of aliphatic hydroxyl groups excluding tert-OH is 3. The van der Waals surface area contributed by atoms with E-state index in [1.54, 1.807) is 0 Å². The summed E-state index contributed by atoms with van der Waals surface area (Å²) in [6, 6.07) is 7.49. The molecule has 3 N–H and O–H groups in total. The summed E-state index contributed by atoms with van der Waals surface area (Å²) in [4.78, 5) is 0. The van der Waals surface area contributed by atoms with Crippen molar-refractivity contribution in [2.75, 3.05) is 19.8 Å². The van der Waals surface area contributed by atoms with Gasteiger partial charge in [0.2, 0.25) is 0 Å². The van der Waals surface area contributed by atoms with Crippen LogP contribution < -0.4 is 4.74 Å². The van der Waals surface area contributed by atoms with Crippen LogP contribution in [-0.2, 0) is 6.42 Å². The summed E-state index contributed by atoms with van der Waals surface area (Å²) in [5, 5.41) is 26.4. The lowest BCUT2D eigenvalue weighted by molar-refractivity contribution is 0.0536. The number of aryl methyl sites for hydroxylation is 1. The lowest BCUT2D eigenvalue weighted by Gasteiger charge is -2.10. The van der Waals surface area contributed by atoms with Crippen molar-refractivity contribution < 1.29 is 20.1 Å². The Hall–Kier alpha value is -1.10. The molecule has 0 radical (unpaired) electrons. The SMILES string of the molecule is OCCCc1ccc(OCC(O)CO)cc1. The second-order valence-corrected chi connectivity index (χ2v) is 3.62. The minimum Gasteiger partial charge on any atom is -0.491 e. The van der Waals surface area contributed by atoms with Crippen molar-refractivity contribution in [3.8, 4) is 5.75 Å². The van der Waals surface area contributed by atoms with E-state index in [1.165, 1.54) is 0 Å². The van der Waals surface area contributed by atoms with Gasteiger partial charge < -0.3 is 20.1 Å². The molecule has 4 heteroatoms. The maximum absolute atomic E-state index is 9.09. The molecule has 1 unspecified atom stereocenters. The predicted octanol–water partition coefficient (Wildman–Crippen LogP) is 0.343. The maximum atomic E-state index is 9.09. The van der Waals surface area contributed by atoms with Gasteiger partial charge in [-0.15, -0.1) is 0 Å². The first-order valence-electron chi connectivity index (χ1n) is 5.37. The summed E-state index contributed by atoms with van der Waals surface area (Å²) in [6.45, 7) is -0.0119. The molecule has 0 aliphatic carbocycles. The van der Waals surface area contributed by atoms with E-state index in [0.29, 0.717) is 5.75 Å². The van der Waals surface area contributed by atoms with Gasteiger partial charge in [0, 0.05) is 6.61 Å². The van der Waals surface area contributed by atoms with Gasteiger partial charge in [0.1, 0.15) is 18.5 Å². The van der Waals surface area contributed by atoms with E-state index in [2.05, 4.69) is 0 Å². The van der Waals surface area contributed by atoms with E-state index in [-0.39, 0.29) is 19.8 Å². The second-order valence-electron chi connectivity index (χ2n) is 3.62. The highest BCUT2D eigenvalue weighted by molar-refractivity contribution is 5.27. The summed E-state index contributed by atoms with van der Waals surface area (Å²) in [7, 11) is 0. The number of aliphatic hydroxyl groups is 3.